The molecule has 7 nitrogen and oxygen atoms in total. The van der Waals surface area contributed by atoms with Crippen LogP contribution >= 0.6 is 11.3 Å². The predicted molar refractivity (Wildman–Crippen MR) is 121 cm³/mol. The highest BCUT2D eigenvalue weighted by molar-refractivity contribution is 7.93. The van der Waals surface area contributed by atoms with Gasteiger partial charge in [0.25, 0.3) is 10.0 Å². The molecule has 4 rings (SSSR count). The summed E-state index contributed by atoms with van der Waals surface area (Å²) in [7, 11) is -3.72. The minimum absolute atomic E-state index is 0.173. The van der Waals surface area contributed by atoms with Crippen molar-refractivity contribution in [3.8, 4) is 0 Å². The maximum absolute atomic E-state index is 12.6. The Morgan fingerprint density at radius 1 is 0.900 bits per heavy atom. The summed E-state index contributed by atoms with van der Waals surface area (Å²) in [6, 6.07) is 20.5. The number of sulfonamides is 1. The van der Waals surface area contributed by atoms with Gasteiger partial charge in [-0.1, -0.05) is 47.2 Å². The van der Waals surface area contributed by atoms with Gasteiger partial charge in [-0.2, -0.15) is 0 Å². The molecule has 0 unspecified atom stereocenters. The first-order valence-electron chi connectivity index (χ1n) is 9.02. The number of nitrogens with one attached hydrogen (secondary N) is 3. The summed E-state index contributed by atoms with van der Waals surface area (Å²) in [4.78, 5) is 16.7. The lowest BCUT2D eigenvalue weighted by Gasteiger charge is -2.07. The number of thiazole rings is 1. The van der Waals surface area contributed by atoms with Crippen LogP contribution in [0.3, 0.4) is 0 Å². The Kier molecular flexibility index (Phi) is 5.39. The van der Waals surface area contributed by atoms with Crippen LogP contribution in [0.15, 0.2) is 77.7 Å². The van der Waals surface area contributed by atoms with Crippen molar-refractivity contribution in [1.29, 1.82) is 0 Å². The maximum Gasteiger partial charge on any atom is 0.323 e. The molecular formula is C21H18N4O3S2. The van der Waals surface area contributed by atoms with Crippen molar-refractivity contribution in [2.45, 2.75) is 11.8 Å². The first kappa shape index (κ1) is 19.9. The minimum Gasteiger partial charge on any atom is -0.308 e. The molecule has 0 spiro atoms. The SMILES string of the molecule is Cc1ccc(S(=O)(=O)Nc2nc3cc(NC(=O)Nc4ccccc4)ccc3s2)cc1. The molecule has 0 saturated carbocycles. The van der Waals surface area contributed by atoms with Crippen LogP contribution in [-0.2, 0) is 10.0 Å². The lowest BCUT2D eigenvalue weighted by Crippen LogP contribution is -2.19. The van der Waals surface area contributed by atoms with Crippen LogP contribution in [0.1, 0.15) is 5.56 Å². The van der Waals surface area contributed by atoms with Crippen molar-refractivity contribution in [3.63, 3.8) is 0 Å². The molecule has 1 heterocycles. The molecule has 3 N–H and O–H groups in total. The van der Waals surface area contributed by atoms with Crippen molar-refractivity contribution in [2.24, 2.45) is 0 Å². The van der Waals surface area contributed by atoms with Crippen LogP contribution in [0.2, 0.25) is 0 Å². The van der Waals surface area contributed by atoms with Crippen LogP contribution in [0.25, 0.3) is 10.2 Å². The van der Waals surface area contributed by atoms with E-state index in [0.29, 0.717) is 16.9 Å². The van der Waals surface area contributed by atoms with Crippen molar-refractivity contribution >= 4 is 54.1 Å². The number of carbonyl (C=O) groups is 1. The van der Waals surface area contributed by atoms with E-state index in [2.05, 4.69) is 20.3 Å². The Labute approximate surface area is 177 Å². The molecule has 0 saturated heterocycles. The van der Waals surface area contributed by atoms with E-state index in [9.17, 15) is 13.2 Å². The van der Waals surface area contributed by atoms with Gasteiger partial charge < -0.3 is 10.6 Å². The van der Waals surface area contributed by atoms with Gasteiger partial charge in [0.15, 0.2) is 5.13 Å². The molecule has 1 aromatic heterocycles. The number of nitrogens with zero attached hydrogens (tertiary/aromatic N) is 1. The number of rotatable bonds is 5. The summed E-state index contributed by atoms with van der Waals surface area (Å²) in [5.74, 6) is 0. The Morgan fingerprint density at radius 3 is 2.33 bits per heavy atom. The van der Waals surface area contributed by atoms with E-state index in [1.807, 2.05) is 25.1 Å². The van der Waals surface area contributed by atoms with Crippen molar-refractivity contribution in [2.75, 3.05) is 15.4 Å². The third-order valence-corrected chi connectivity index (χ3v) is 6.67. The van der Waals surface area contributed by atoms with Crippen LogP contribution in [-0.4, -0.2) is 19.4 Å². The highest BCUT2D eigenvalue weighted by Gasteiger charge is 2.16. The molecule has 3 aromatic carbocycles. The van der Waals surface area contributed by atoms with Gasteiger partial charge in [-0.25, -0.2) is 18.2 Å². The number of benzene rings is 3. The summed E-state index contributed by atoms with van der Waals surface area (Å²) < 4.78 is 28.4. The summed E-state index contributed by atoms with van der Waals surface area (Å²) in [6.07, 6.45) is 0. The molecule has 0 aliphatic carbocycles. The molecular weight excluding hydrogens is 420 g/mol. The predicted octanol–water partition coefficient (Wildman–Crippen LogP) is 5.05. The molecule has 0 atom stereocenters. The molecule has 0 fully saturated rings. The number of carbonyl (C=O) groups excluding carboxylic acids is 1. The number of hydrogen-bond acceptors (Lipinski definition) is 5. The number of fused-ring (bicyclic) bond motifs is 1. The molecule has 9 heteroatoms. The fraction of sp³-hybridized carbons (Fsp3) is 0.0476. The van der Waals surface area contributed by atoms with Gasteiger partial charge in [0, 0.05) is 11.4 Å². The first-order chi connectivity index (χ1) is 14.4. The van der Waals surface area contributed by atoms with Gasteiger partial charge >= 0.3 is 6.03 Å². The Balaban J connectivity index is 1.49. The number of anilines is 3. The van der Waals surface area contributed by atoms with Crippen LogP contribution in [0.5, 0.6) is 0 Å². The van der Waals surface area contributed by atoms with Gasteiger partial charge in [0.05, 0.1) is 15.1 Å². The second-order valence-corrected chi connectivity index (χ2v) is 9.28. The van der Waals surface area contributed by atoms with Gasteiger partial charge in [0.1, 0.15) is 0 Å². The summed E-state index contributed by atoms with van der Waals surface area (Å²) >= 11 is 1.22. The van der Waals surface area contributed by atoms with Gasteiger partial charge in [0.2, 0.25) is 0 Å². The Hall–Kier alpha value is -3.43. The van der Waals surface area contributed by atoms with E-state index in [4.69, 9.17) is 0 Å². The highest BCUT2D eigenvalue weighted by atomic mass is 32.2. The van der Waals surface area contributed by atoms with E-state index >= 15 is 0 Å². The van der Waals surface area contributed by atoms with Crippen LogP contribution in [0, 0.1) is 6.92 Å². The second kappa shape index (κ2) is 8.13. The third kappa shape index (κ3) is 4.58. The van der Waals surface area contributed by atoms with Crippen LogP contribution in [0.4, 0.5) is 21.3 Å². The van der Waals surface area contributed by atoms with E-state index < -0.39 is 10.0 Å². The summed E-state index contributed by atoms with van der Waals surface area (Å²) in [5, 5.41) is 5.75. The lowest BCUT2D eigenvalue weighted by molar-refractivity contribution is 0.262. The van der Waals surface area contributed by atoms with Gasteiger partial charge in [-0.3, -0.25) is 4.72 Å². The van der Waals surface area contributed by atoms with Crippen LogP contribution < -0.4 is 15.4 Å². The van der Waals surface area contributed by atoms with Crippen molar-refractivity contribution in [3.05, 3.63) is 78.4 Å². The molecule has 0 aliphatic heterocycles. The number of para-hydroxylation sites is 1. The van der Waals surface area contributed by atoms with Gasteiger partial charge in [-0.15, -0.1) is 0 Å². The summed E-state index contributed by atoms with van der Waals surface area (Å²) in [6.45, 7) is 1.89. The fourth-order valence-corrected chi connectivity index (χ4v) is 4.84. The molecule has 2 amide bonds. The quantitative estimate of drug-likeness (QED) is 0.406. The standard InChI is InChI=1S/C21H18N4O3S2/c1-14-7-10-17(11-8-14)30(27,28)25-21-24-18-13-16(9-12-19(18)29-21)23-20(26)22-15-5-3-2-4-6-15/h2-13H,1H3,(H,24,25)(H2,22,23,26). The minimum atomic E-state index is -3.72. The third-order valence-electron chi connectivity index (χ3n) is 4.23. The average molecular weight is 439 g/mol. The molecule has 152 valence electrons. The second-order valence-electron chi connectivity index (χ2n) is 6.57. The molecule has 0 aliphatic rings. The first-order valence-corrected chi connectivity index (χ1v) is 11.3. The van der Waals surface area contributed by atoms with E-state index in [0.717, 1.165) is 10.3 Å². The summed E-state index contributed by atoms with van der Waals surface area (Å²) in [5.41, 5.74) is 2.79. The largest absolute Gasteiger partial charge is 0.323 e. The van der Waals surface area contributed by atoms with E-state index in [-0.39, 0.29) is 16.1 Å². The zero-order valence-corrected chi connectivity index (χ0v) is 17.5. The number of amides is 2. The number of hydrogen-bond donors (Lipinski definition) is 3. The normalized spacial score (nSPS) is 11.2. The smallest absolute Gasteiger partial charge is 0.308 e. The van der Waals surface area contributed by atoms with Gasteiger partial charge in [-0.05, 0) is 49.4 Å². The number of urea groups is 1. The molecule has 4 aromatic rings. The lowest BCUT2D eigenvalue weighted by atomic mass is 10.2. The monoisotopic (exact) mass is 438 g/mol. The average Bonchev–Trinajstić information content (AvgIpc) is 3.09. The molecule has 0 bridgehead atoms. The fourth-order valence-electron chi connectivity index (χ4n) is 2.76. The topological polar surface area (TPSA) is 100 Å². The van der Waals surface area contributed by atoms with E-state index in [1.165, 1.54) is 11.3 Å². The molecule has 30 heavy (non-hydrogen) atoms. The Bertz CT molecular complexity index is 1300. The van der Waals surface area contributed by atoms with Crippen molar-refractivity contribution in [1.82, 2.24) is 4.98 Å². The molecule has 0 radical (unpaired) electrons. The maximum atomic E-state index is 12.6. The Morgan fingerprint density at radius 2 is 1.60 bits per heavy atom. The zero-order valence-electron chi connectivity index (χ0n) is 15.9. The highest BCUT2D eigenvalue weighted by Crippen LogP contribution is 2.29. The van der Waals surface area contributed by atoms with Crippen molar-refractivity contribution < 1.29 is 13.2 Å². The number of aryl methyl sites for hydroxylation is 1. The van der Waals surface area contributed by atoms with E-state index in [1.54, 1.807) is 54.6 Å². The number of aromatic nitrogens is 1. The zero-order chi connectivity index (χ0) is 21.1.